The molecule has 1 heterocycles. The van der Waals surface area contributed by atoms with Crippen molar-refractivity contribution in [1.82, 2.24) is 10.3 Å². The summed E-state index contributed by atoms with van der Waals surface area (Å²) in [5.41, 5.74) is 0. The van der Waals surface area contributed by atoms with E-state index in [0.29, 0.717) is 6.04 Å². The van der Waals surface area contributed by atoms with E-state index < -0.39 is 0 Å². The first-order chi connectivity index (χ1) is 7.38. The van der Waals surface area contributed by atoms with E-state index in [1.54, 1.807) is 6.20 Å². The zero-order chi connectivity index (χ0) is 10.5. The molecular formula is C12H20N2O. The van der Waals surface area contributed by atoms with Crippen LogP contribution in [0, 0.1) is 5.92 Å². The van der Waals surface area contributed by atoms with Crippen LogP contribution in [0.25, 0.3) is 0 Å². The van der Waals surface area contributed by atoms with Gasteiger partial charge in [-0.1, -0.05) is 13.3 Å². The first-order valence-corrected chi connectivity index (χ1v) is 5.99. The molecule has 84 valence electrons. The number of rotatable bonds is 4. The molecule has 1 aromatic heterocycles. The lowest BCUT2D eigenvalue weighted by Gasteiger charge is -2.28. The number of nitrogens with zero attached hydrogens (tertiary/aromatic N) is 1. The molecule has 15 heavy (non-hydrogen) atoms. The molecule has 1 aromatic rings. The minimum absolute atomic E-state index is 0.679. The van der Waals surface area contributed by atoms with E-state index in [-0.39, 0.29) is 0 Å². The molecule has 0 spiro atoms. The van der Waals surface area contributed by atoms with Gasteiger partial charge in [-0.2, -0.15) is 0 Å². The molecule has 1 fully saturated rings. The highest BCUT2D eigenvalue weighted by atomic mass is 16.3. The Bertz CT molecular complexity index is 263. The standard InChI is InChI=1S/C12H20N2O/c1-2-10-3-5-11(6-4-10)14-8-12-7-13-9-15-12/h7,9-11,14H,2-6,8H2,1H3. The molecule has 1 saturated carbocycles. The molecule has 0 atom stereocenters. The molecule has 0 aliphatic heterocycles. The maximum absolute atomic E-state index is 5.19. The summed E-state index contributed by atoms with van der Waals surface area (Å²) in [7, 11) is 0. The van der Waals surface area contributed by atoms with Crippen LogP contribution in [0.1, 0.15) is 44.8 Å². The number of hydrogen-bond acceptors (Lipinski definition) is 3. The predicted octanol–water partition coefficient (Wildman–Crippen LogP) is 2.73. The lowest BCUT2D eigenvalue weighted by molar-refractivity contribution is 0.280. The molecule has 0 bridgehead atoms. The van der Waals surface area contributed by atoms with Crippen molar-refractivity contribution in [1.29, 1.82) is 0 Å². The Morgan fingerprint density at radius 1 is 1.40 bits per heavy atom. The normalized spacial score (nSPS) is 26.7. The van der Waals surface area contributed by atoms with E-state index in [1.165, 1.54) is 38.5 Å². The highest BCUT2D eigenvalue weighted by molar-refractivity contribution is 4.88. The zero-order valence-electron chi connectivity index (χ0n) is 9.41. The molecule has 2 rings (SSSR count). The third kappa shape index (κ3) is 3.06. The maximum Gasteiger partial charge on any atom is 0.180 e. The largest absolute Gasteiger partial charge is 0.447 e. The Labute approximate surface area is 91.3 Å². The number of aromatic nitrogens is 1. The molecule has 1 N–H and O–H groups in total. The zero-order valence-corrected chi connectivity index (χ0v) is 9.41. The minimum atomic E-state index is 0.679. The van der Waals surface area contributed by atoms with Crippen LogP contribution in [0.5, 0.6) is 0 Å². The first kappa shape index (κ1) is 10.7. The third-order valence-corrected chi connectivity index (χ3v) is 3.47. The van der Waals surface area contributed by atoms with Gasteiger partial charge >= 0.3 is 0 Å². The molecule has 1 aliphatic rings. The molecule has 3 heteroatoms. The monoisotopic (exact) mass is 208 g/mol. The fourth-order valence-electron chi connectivity index (χ4n) is 2.35. The summed E-state index contributed by atoms with van der Waals surface area (Å²) in [5.74, 6) is 1.90. The molecule has 0 radical (unpaired) electrons. The van der Waals surface area contributed by atoms with Crippen LogP contribution in [0.2, 0.25) is 0 Å². The van der Waals surface area contributed by atoms with Gasteiger partial charge < -0.3 is 9.73 Å². The summed E-state index contributed by atoms with van der Waals surface area (Å²) >= 11 is 0. The summed E-state index contributed by atoms with van der Waals surface area (Å²) in [4.78, 5) is 3.90. The average Bonchev–Trinajstić information content (AvgIpc) is 2.80. The number of nitrogens with one attached hydrogen (secondary N) is 1. The Balaban J connectivity index is 1.69. The van der Waals surface area contributed by atoms with Crippen LogP contribution < -0.4 is 5.32 Å². The highest BCUT2D eigenvalue weighted by Crippen LogP contribution is 2.26. The van der Waals surface area contributed by atoms with E-state index in [4.69, 9.17) is 4.42 Å². The molecule has 0 amide bonds. The predicted molar refractivity (Wildman–Crippen MR) is 59.4 cm³/mol. The van der Waals surface area contributed by atoms with Crippen molar-refractivity contribution in [3.05, 3.63) is 18.4 Å². The van der Waals surface area contributed by atoms with Gasteiger partial charge in [0.25, 0.3) is 0 Å². The highest BCUT2D eigenvalue weighted by Gasteiger charge is 2.19. The van der Waals surface area contributed by atoms with E-state index in [9.17, 15) is 0 Å². The van der Waals surface area contributed by atoms with Crippen LogP contribution in [-0.4, -0.2) is 11.0 Å². The van der Waals surface area contributed by atoms with Crippen LogP contribution in [0.15, 0.2) is 17.0 Å². The van der Waals surface area contributed by atoms with Gasteiger partial charge in [0.05, 0.1) is 12.7 Å². The number of hydrogen-bond donors (Lipinski definition) is 1. The van der Waals surface area contributed by atoms with Crippen molar-refractivity contribution in [3.63, 3.8) is 0 Å². The topological polar surface area (TPSA) is 38.1 Å². The van der Waals surface area contributed by atoms with Gasteiger partial charge in [0.2, 0.25) is 0 Å². The van der Waals surface area contributed by atoms with Crippen molar-refractivity contribution >= 4 is 0 Å². The van der Waals surface area contributed by atoms with Gasteiger partial charge in [-0.3, -0.25) is 0 Å². The van der Waals surface area contributed by atoms with E-state index >= 15 is 0 Å². The van der Waals surface area contributed by atoms with Crippen LogP contribution in [0.4, 0.5) is 0 Å². The van der Waals surface area contributed by atoms with Crippen LogP contribution >= 0.6 is 0 Å². The van der Waals surface area contributed by atoms with Crippen molar-refractivity contribution in [3.8, 4) is 0 Å². The van der Waals surface area contributed by atoms with Gasteiger partial charge in [0, 0.05) is 6.04 Å². The summed E-state index contributed by atoms with van der Waals surface area (Å²) < 4.78 is 5.19. The maximum atomic E-state index is 5.19. The lowest BCUT2D eigenvalue weighted by Crippen LogP contribution is -2.32. The van der Waals surface area contributed by atoms with Gasteiger partial charge in [-0.25, -0.2) is 4.98 Å². The Morgan fingerprint density at radius 2 is 2.20 bits per heavy atom. The minimum Gasteiger partial charge on any atom is -0.447 e. The molecular weight excluding hydrogens is 188 g/mol. The third-order valence-electron chi connectivity index (χ3n) is 3.47. The summed E-state index contributed by atoms with van der Waals surface area (Å²) in [6.45, 7) is 3.12. The fourth-order valence-corrected chi connectivity index (χ4v) is 2.35. The first-order valence-electron chi connectivity index (χ1n) is 5.99. The van der Waals surface area contributed by atoms with Gasteiger partial charge in [-0.15, -0.1) is 0 Å². The Morgan fingerprint density at radius 3 is 2.80 bits per heavy atom. The molecule has 0 unspecified atom stereocenters. The van der Waals surface area contributed by atoms with Crippen LogP contribution in [0.3, 0.4) is 0 Å². The lowest BCUT2D eigenvalue weighted by atomic mass is 9.84. The number of oxazole rings is 1. The SMILES string of the molecule is CCC1CCC(NCc2cnco2)CC1. The van der Waals surface area contributed by atoms with Crippen molar-refractivity contribution in [2.75, 3.05) is 0 Å². The second kappa shape index (κ2) is 5.31. The second-order valence-electron chi connectivity index (χ2n) is 4.47. The smallest absolute Gasteiger partial charge is 0.180 e. The molecule has 0 saturated heterocycles. The van der Waals surface area contributed by atoms with E-state index in [1.807, 2.05) is 0 Å². The summed E-state index contributed by atoms with van der Waals surface area (Å²) in [6.07, 6.45) is 10.00. The molecule has 3 nitrogen and oxygen atoms in total. The molecule has 0 aromatic carbocycles. The van der Waals surface area contributed by atoms with Crippen molar-refractivity contribution < 1.29 is 4.42 Å². The van der Waals surface area contributed by atoms with Gasteiger partial charge in [0.15, 0.2) is 6.39 Å². The summed E-state index contributed by atoms with van der Waals surface area (Å²) in [5, 5.41) is 3.53. The molecule has 1 aliphatic carbocycles. The Hall–Kier alpha value is -0.830. The van der Waals surface area contributed by atoms with E-state index in [0.717, 1.165) is 18.2 Å². The summed E-state index contributed by atoms with van der Waals surface area (Å²) in [6, 6.07) is 0.679. The average molecular weight is 208 g/mol. The van der Waals surface area contributed by atoms with E-state index in [2.05, 4.69) is 17.2 Å². The van der Waals surface area contributed by atoms with Crippen molar-refractivity contribution in [2.24, 2.45) is 5.92 Å². The van der Waals surface area contributed by atoms with Gasteiger partial charge in [-0.05, 0) is 31.6 Å². The van der Waals surface area contributed by atoms with Crippen molar-refractivity contribution in [2.45, 2.75) is 51.6 Å². The Kier molecular flexibility index (Phi) is 3.78. The van der Waals surface area contributed by atoms with Gasteiger partial charge in [0.1, 0.15) is 5.76 Å². The van der Waals surface area contributed by atoms with Crippen LogP contribution in [-0.2, 0) is 6.54 Å². The second-order valence-corrected chi connectivity index (χ2v) is 4.47. The quantitative estimate of drug-likeness (QED) is 0.826. The fraction of sp³-hybridized carbons (Fsp3) is 0.750.